The molecule has 0 heterocycles. The van der Waals surface area contributed by atoms with Gasteiger partial charge in [0.05, 0.1) is 18.8 Å². The Kier molecular flexibility index (Phi) is 7.04. The number of nitrogens with one attached hydrogen (secondary N) is 2. The molecular weight excluding hydrogens is 250 g/mol. The molecule has 1 amide bonds. The maximum atomic E-state index is 11.4. The Balaban J connectivity index is 4.32. The maximum absolute atomic E-state index is 11.4. The van der Waals surface area contributed by atoms with Crippen LogP contribution in [0.1, 0.15) is 13.8 Å². The highest BCUT2D eigenvalue weighted by Crippen LogP contribution is 1.91. The van der Waals surface area contributed by atoms with Crippen LogP contribution in [-0.4, -0.2) is 46.9 Å². The van der Waals surface area contributed by atoms with E-state index in [1.54, 1.807) is 18.6 Å². The summed E-state index contributed by atoms with van der Waals surface area (Å²) >= 11 is 0. The van der Waals surface area contributed by atoms with Crippen molar-refractivity contribution in [2.75, 3.05) is 20.3 Å². The summed E-state index contributed by atoms with van der Waals surface area (Å²) in [6, 6.07) is -0.607. The predicted molar refractivity (Wildman–Crippen MR) is 61.5 cm³/mol. The van der Waals surface area contributed by atoms with E-state index in [2.05, 4.69) is 9.46 Å². The summed E-state index contributed by atoms with van der Waals surface area (Å²) in [5.74, 6) is 0. The predicted octanol–water partition coefficient (Wildman–Crippen LogP) is -1.07. The molecule has 0 aromatic carbocycles. The molecule has 0 aliphatic heterocycles. The number of hydrogen-bond acceptors (Lipinski definition) is 6. The summed E-state index contributed by atoms with van der Waals surface area (Å²) in [6.07, 6.45) is -1.45. The van der Waals surface area contributed by atoms with Gasteiger partial charge in [-0.3, -0.25) is 0 Å². The number of ether oxygens (including phenoxy) is 2. The number of carbonyl (C=O) groups is 1. The first-order chi connectivity index (χ1) is 7.80. The molecular formula is C8H19N3O5S. The second kappa shape index (κ2) is 7.43. The van der Waals surface area contributed by atoms with Gasteiger partial charge in [0.15, 0.2) is 0 Å². The molecule has 0 spiro atoms. The zero-order valence-electron chi connectivity index (χ0n) is 10.1. The highest BCUT2D eigenvalue weighted by atomic mass is 32.2. The minimum Gasteiger partial charge on any atom is -0.446 e. The summed E-state index contributed by atoms with van der Waals surface area (Å²) in [7, 11) is -2.58. The van der Waals surface area contributed by atoms with Gasteiger partial charge >= 0.3 is 16.3 Å². The number of methoxy groups -OCH3 is 1. The molecule has 4 N–H and O–H groups in total. The first-order valence-corrected chi connectivity index (χ1v) is 6.48. The van der Waals surface area contributed by atoms with Gasteiger partial charge in [0.1, 0.15) is 0 Å². The lowest BCUT2D eigenvalue weighted by atomic mass is 10.3. The standard InChI is InChI=1S/C8H19N3O5S/c1-6(2)16-8(12)11-17(13,14)10-7(4-9)5-15-3/h6-7,10H,4-5,9H2,1-3H3,(H,11,12). The van der Waals surface area contributed by atoms with Gasteiger partial charge in [0, 0.05) is 13.7 Å². The topological polar surface area (TPSA) is 120 Å². The second-order valence-electron chi connectivity index (χ2n) is 3.57. The fourth-order valence-corrected chi connectivity index (χ4v) is 1.88. The van der Waals surface area contributed by atoms with Gasteiger partial charge in [-0.25, -0.2) is 9.52 Å². The first kappa shape index (κ1) is 16.1. The number of rotatable bonds is 7. The summed E-state index contributed by atoms with van der Waals surface area (Å²) < 4.78 is 36.1. The summed E-state index contributed by atoms with van der Waals surface area (Å²) in [4.78, 5) is 11.1. The number of carbonyl (C=O) groups excluding carboxylic acids is 1. The smallest absolute Gasteiger partial charge is 0.422 e. The van der Waals surface area contributed by atoms with Crippen LogP contribution >= 0.6 is 0 Å². The quantitative estimate of drug-likeness (QED) is 0.541. The lowest BCUT2D eigenvalue weighted by Crippen LogP contribution is -2.49. The van der Waals surface area contributed by atoms with Crippen LogP contribution in [-0.2, 0) is 19.7 Å². The molecule has 9 heteroatoms. The molecule has 0 aliphatic rings. The largest absolute Gasteiger partial charge is 0.446 e. The van der Waals surface area contributed by atoms with Crippen LogP contribution in [0.15, 0.2) is 0 Å². The Morgan fingerprint density at radius 1 is 1.41 bits per heavy atom. The fraction of sp³-hybridized carbons (Fsp3) is 0.875. The molecule has 0 radical (unpaired) electrons. The first-order valence-electron chi connectivity index (χ1n) is 5.00. The van der Waals surface area contributed by atoms with Gasteiger partial charge in [-0.1, -0.05) is 0 Å². The third-order valence-electron chi connectivity index (χ3n) is 1.53. The zero-order chi connectivity index (χ0) is 13.5. The molecule has 1 atom stereocenters. The van der Waals surface area contributed by atoms with Crippen molar-refractivity contribution >= 4 is 16.3 Å². The van der Waals surface area contributed by atoms with Crippen LogP contribution in [0.25, 0.3) is 0 Å². The van der Waals surface area contributed by atoms with Crippen molar-refractivity contribution in [1.82, 2.24) is 9.44 Å². The van der Waals surface area contributed by atoms with E-state index in [0.29, 0.717) is 0 Å². The van der Waals surface area contributed by atoms with E-state index >= 15 is 0 Å². The molecule has 17 heavy (non-hydrogen) atoms. The lowest BCUT2D eigenvalue weighted by Gasteiger charge is -2.16. The number of hydrogen-bond donors (Lipinski definition) is 3. The second-order valence-corrected chi connectivity index (χ2v) is 5.01. The Morgan fingerprint density at radius 3 is 2.41 bits per heavy atom. The van der Waals surface area contributed by atoms with Crippen molar-refractivity contribution in [2.45, 2.75) is 26.0 Å². The van der Waals surface area contributed by atoms with E-state index in [-0.39, 0.29) is 13.2 Å². The lowest BCUT2D eigenvalue weighted by molar-refractivity contribution is 0.121. The Bertz CT molecular complexity index is 330. The minimum atomic E-state index is -3.99. The average molecular weight is 269 g/mol. The van der Waals surface area contributed by atoms with Crippen molar-refractivity contribution in [3.05, 3.63) is 0 Å². The normalized spacial score (nSPS) is 13.5. The molecule has 0 aromatic heterocycles. The molecule has 0 saturated heterocycles. The zero-order valence-corrected chi connectivity index (χ0v) is 10.9. The van der Waals surface area contributed by atoms with Crippen LogP contribution in [0.3, 0.4) is 0 Å². The monoisotopic (exact) mass is 269 g/mol. The third-order valence-corrected chi connectivity index (χ3v) is 2.61. The highest BCUT2D eigenvalue weighted by Gasteiger charge is 2.20. The van der Waals surface area contributed by atoms with Gasteiger partial charge in [-0.15, -0.1) is 0 Å². The van der Waals surface area contributed by atoms with Gasteiger partial charge in [0.2, 0.25) is 0 Å². The Morgan fingerprint density at radius 2 is 2.00 bits per heavy atom. The molecule has 102 valence electrons. The molecule has 8 nitrogen and oxygen atoms in total. The van der Waals surface area contributed by atoms with Crippen LogP contribution < -0.4 is 15.2 Å². The van der Waals surface area contributed by atoms with E-state index < -0.39 is 28.4 Å². The molecule has 0 aliphatic carbocycles. The summed E-state index contributed by atoms with van der Waals surface area (Å²) in [6.45, 7) is 3.37. The van der Waals surface area contributed by atoms with E-state index in [1.165, 1.54) is 7.11 Å². The minimum absolute atomic E-state index is 0.0496. The van der Waals surface area contributed by atoms with Crippen molar-refractivity contribution in [2.24, 2.45) is 5.73 Å². The third kappa shape index (κ3) is 7.91. The van der Waals surface area contributed by atoms with Crippen molar-refractivity contribution < 1.29 is 22.7 Å². The van der Waals surface area contributed by atoms with Gasteiger partial charge in [0.25, 0.3) is 0 Å². The average Bonchev–Trinajstić information content (AvgIpc) is 2.14. The van der Waals surface area contributed by atoms with Crippen molar-refractivity contribution in [3.63, 3.8) is 0 Å². The number of amides is 1. The van der Waals surface area contributed by atoms with E-state index in [4.69, 9.17) is 10.5 Å². The molecule has 0 bridgehead atoms. The SMILES string of the molecule is COCC(CN)NS(=O)(=O)NC(=O)OC(C)C. The number of nitrogens with two attached hydrogens (primary N) is 1. The summed E-state index contributed by atoms with van der Waals surface area (Å²) in [5, 5.41) is 0. The van der Waals surface area contributed by atoms with E-state index in [1.807, 2.05) is 0 Å². The molecule has 0 fully saturated rings. The van der Waals surface area contributed by atoms with Gasteiger partial charge in [-0.05, 0) is 13.8 Å². The van der Waals surface area contributed by atoms with Crippen LogP contribution in [0.2, 0.25) is 0 Å². The maximum Gasteiger partial charge on any atom is 0.422 e. The van der Waals surface area contributed by atoms with Crippen LogP contribution in [0.5, 0.6) is 0 Å². The van der Waals surface area contributed by atoms with E-state index in [9.17, 15) is 13.2 Å². The molecule has 0 rings (SSSR count). The van der Waals surface area contributed by atoms with Gasteiger partial charge in [-0.2, -0.15) is 13.1 Å². The fourth-order valence-electron chi connectivity index (χ4n) is 0.948. The Hall–Kier alpha value is -0.900. The van der Waals surface area contributed by atoms with Gasteiger partial charge < -0.3 is 15.2 Å². The molecule has 0 saturated carbocycles. The Labute approximate surface area is 101 Å². The summed E-state index contributed by atoms with van der Waals surface area (Å²) in [5.41, 5.74) is 5.33. The van der Waals surface area contributed by atoms with E-state index in [0.717, 1.165) is 0 Å². The van der Waals surface area contributed by atoms with Crippen molar-refractivity contribution in [1.29, 1.82) is 0 Å². The molecule has 0 aromatic rings. The van der Waals surface area contributed by atoms with Crippen LogP contribution in [0.4, 0.5) is 4.79 Å². The van der Waals surface area contributed by atoms with Crippen molar-refractivity contribution in [3.8, 4) is 0 Å². The highest BCUT2D eigenvalue weighted by molar-refractivity contribution is 7.88. The van der Waals surface area contributed by atoms with Crippen LogP contribution in [0, 0.1) is 0 Å². The molecule has 1 unspecified atom stereocenters.